The second-order valence-corrected chi connectivity index (χ2v) is 5.46. The minimum atomic E-state index is -0.784. The lowest BCUT2D eigenvalue weighted by Crippen LogP contribution is -2.53. The highest BCUT2D eigenvalue weighted by Crippen LogP contribution is 2.14. The fourth-order valence-corrected chi connectivity index (χ4v) is 2.31. The molecule has 1 rings (SSSR count). The fourth-order valence-electron chi connectivity index (χ4n) is 2.31. The van der Waals surface area contributed by atoms with Crippen LogP contribution in [0.3, 0.4) is 0 Å². The van der Waals surface area contributed by atoms with Gasteiger partial charge in [0.2, 0.25) is 5.91 Å². The molecular weight excluding hydrogens is 274 g/mol. The van der Waals surface area contributed by atoms with Crippen LogP contribution in [0.15, 0.2) is 0 Å². The summed E-state index contributed by atoms with van der Waals surface area (Å²) in [6.07, 6.45) is 2.46. The minimum Gasteiger partial charge on any atom is -0.481 e. The Kier molecular flexibility index (Phi) is 6.98. The van der Waals surface area contributed by atoms with Crippen molar-refractivity contribution in [2.24, 2.45) is 5.92 Å². The van der Waals surface area contributed by atoms with Crippen molar-refractivity contribution in [3.63, 3.8) is 0 Å². The molecule has 21 heavy (non-hydrogen) atoms. The number of carboxylic acid groups (broad SMARTS) is 1. The molecule has 0 aromatic carbocycles. The zero-order chi connectivity index (χ0) is 15.8. The van der Waals surface area contributed by atoms with E-state index in [1.165, 1.54) is 4.90 Å². The van der Waals surface area contributed by atoms with Crippen molar-refractivity contribution < 1.29 is 19.5 Å². The summed E-state index contributed by atoms with van der Waals surface area (Å²) in [6, 6.07) is -0.218. The molecule has 1 aliphatic rings. The molecule has 0 aliphatic carbocycles. The van der Waals surface area contributed by atoms with Crippen molar-refractivity contribution in [2.75, 3.05) is 33.2 Å². The van der Waals surface area contributed by atoms with Gasteiger partial charge in [0.25, 0.3) is 0 Å². The Balaban J connectivity index is 2.26. The van der Waals surface area contributed by atoms with Crippen LogP contribution < -0.4 is 5.32 Å². The first kappa shape index (κ1) is 17.3. The highest BCUT2D eigenvalue weighted by molar-refractivity contribution is 5.85. The molecule has 7 nitrogen and oxygen atoms in total. The van der Waals surface area contributed by atoms with Crippen molar-refractivity contribution in [1.82, 2.24) is 15.1 Å². The zero-order valence-corrected chi connectivity index (χ0v) is 12.8. The van der Waals surface area contributed by atoms with Crippen LogP contribution in [0, 0.1) is 5.92 Å². The first-order chi connectivity index (χ1) is 9.93. The highest BCUT2D eigenvalue weighted by Gasteiger charge is 2.24. The molecule has 0 spiro atoms. The van der Waals surface area contributed by atoms with E-state index in [1.807, 2.05) is 6.92 Å². The van der Waals surface area contributed by atoms with E-state index in [4.69, 9.17) is 5.11 Å². The highest BCUT2D eigenvalue weighted by atomic mass is 16.4. The summed E-state index contributed by atoms with van der Waals surface area (Å²) in [4.78, 5) is 37.2. The molecule has 0 bridgehead atoms. The van der Waals surface area contributed by atoms with Crippen molar-refractivity contribution in [2.45, 2.75) is 32.6 Å². The molecule has 1 fully saturated rings. The van der Waals surface area contributed by atoms with E-state index in [9.17, 15) is 14.4 Å². The number of hydrogen-bond acceptors (Lipinski definition) is 3. The first-order valence-electron chi connectivity index (χ1n) is 7.42. The van der Waals surface area contributed by atoms with Gasteiger partial charge in [-0.25, -0.2) is 4.79 Å². The first-order valence-corrected chi connectivity index (χ1v) is 7.42. The van der Waals surface area contributed by atoms with Crippen LogP contribution >= 0.6 is 0 Å². The van der Waals surface area contributed by atoms with E-state index < -0.39 is 5.97 Å². The normalized spacial score (nSPS) is 16.8. The third-order valence-electron chi connectivity index (χ3n) is 3.92. The molecule has 0 saturated carbocycles. The Morgan fingerprint density at radius 2 is 2.05 bits per heavy atom. The van der Waals surface area contributed by atoms with E-state index in [0.29, 0.717) is 32.0 Å². The van der Waals surface area contributed by atoms with Crippen molar-refractivity contribution in [3.8, 4) is 0 Å². The van der Waals surface area contributed by atoms with Gasteiger partial charge in [-0.15, -0.1) is 0 Å². The van der Waals surface area contributed by atoms with E-state index in [2.05, 4.69) is 5.32 Å². The predicted molar refractivity (Wildman–Crippen MR) is 77.9 cm³/mol. The van der Waals surface area contributed by atoms with Crippen LogP contribution in [0.25, 0.3) is 0 Å². The number of urea groups is 1. The third kappa shape index (κ3) is 6.01. The standard InChI is InChI=1S/C14H25N3O4/c1-3-11(4-5-13(19)20)6-7-15-14(21)17-9-8-16(2)12(18)10-17/h11H,3-10H2,1-2H3,(H,15,21)(H,19,20). The van der Waals surface area contributed by atoms with E-state index in [-0.39, 0.29) is 24.9 Å². The van der Waals surface area contributed by atoms with Gasteiger partial charge in [-0.3, -0.25) is 9.59 Å². The predicted octanol–water partition coefficient (Wildman–Crippen LogP) is 0.751. The molecule has 1 atom stereocenters. The molecule has 1 saturated heterocycles. The number of hydrogen-bond donors (Lipinski definition) is 2. The maximum atomic E-state index is 11.9. The number of rotatable bonds is 7. The van der Waals surface area contributed by atoms with Gasteiger partial charge in [0.1, 0.15) is 6.54 Å². The number of likely N-dealkylation sites (N-methyl/N-ethyl adjacent to an activating group) is 1. The van der Waals surface area contributed by atoms with E-state index in [0.717, 1.165) is 12.8 Å². The Morgan fingerprint density at radius 1 is 1.33 bits per heavy atom. The Morgan fingerprint density at radius 3 is 2.62 bits per heavy atom. The van der Waals surface area contributed by atoms with Gasteiger partial charge in [0.05, 0.1) is 0 Å². The van der Waals surface area contributed by atoms with Crippen molar-refractivity contribution >= 4 is 17.9 Å². The summed E-state index contributed by atoms with van der Waals surface area (Å²) < 4.78 is 0. The van der Waals surface area contributed by atoms with E-state index >= 15 is 0 Å². The molecule has 2 N–H and O–H groups in total. The van der Waals surface area contributed by atoms with Crippen LogP contribution in [0.2, 0.25) is 0 Å². The maximum Gasteiger partial charge on any atom is 0.317 e. The smallest absolute Gasteiger partial charge is 0.317 e. The number of aliphatic carboxylic acids is 1. The van der Waals surface area contributed by atoms with Gasteiger partial charge in [0.15, 0.2) is 0 Å². The van der Waals surface area contributed by atoms with Gasteiger partial charge in [-0.2, -0.15) is 0 Å². The molecule has 0 radical (unpaired) electrons. The lowest BCUT2D eigenvalue weighted by molar-refractivity contribution is -0.137. The molecule has 0 aromatic rings. The molecule has 120 valence electrons. The van der Waals surface area contributed by atoms with Crippen molar-refractivity contribution in [1.29, 1.82) is 0 Å². The molecular formula is C14H25N3O4. The SMILES string of the molecule is CCC(CCNC(=O)N1CCN(C)C(=O)C1)CCC(=O)O. The topological polar surface area (TPSA) is 90.0 Å². The number of carbonyl (C=O) groups is 3. The Labute approximate surface area is 125 Å². The summed E-state index contributed by atoms with van der Waals surface area (Å²) in [6.45, 7) is 3.76. The average Bonchev–Trinajstić information content (AvgIpc) is 2.45. The summed E-state index contributed by atoms with van der Waals surface area (Å²) in [7, 11) is 1.73. The van der Waals surface area contributed by atoms with Crippen LogP contribution in [-0.2, 0) is 9.59 Å². The number of amides is 3. The van der Waals surface area contributed by atoms with Crippen LogP contribution in [0.4, 0.5) is 4.79 Å². The lowest BCUT2D eigenvalue weighted by Gasteiger charge is -2.32. The Hall–Kier alpha value is -1.79. The maximum absolute atomic E-state index is 11.9. The summed E-state index contributed by atoms with van der Waals surface area (Å²) in [5.41, 5.74) is 0. The van der Waals surface area contributed by atoms with Crippen LogP contribution in [0.1, 0.15) is 32.6 Å². The van der Waals surface area contributed by atoms with Gasteiger partial charge < -0.3 is 20.2 Å². The molecule has 0 aromatic heterocycles. The number of nitrogens with one attached hydrogen (secondary N) is 1. The van der Waals surface area contributed by atoms with Crippen molar-refractivity contribution in [3.05, 3.63) is 0 Å². The zero-order valence-electron chi connectivity index (χ0n) is 12.8. The van der Waals surface area contributed by atoms with Crippen LogP contribution in [0.5, 0.6) is 0 Å². The number of carboxylic acids is 1. The summed E-state index contributed by atoms with van der Waals surface area (Å²) in [5, 5.41) is 11.5. The minimum absolute atomic E-state index is 0.0516. The lowest BCUT2D eigenvalue weighted by atomic mass is 9.97. The van der Waals surface area contributed by atoms with Crippen LogP contribution in [-0.4, -0.2) is 66.0 Å². The second-order valence-electron chi connectivity index (χ2n) is 5.46. The summed E-state index contributed by atoms with van der Waals surface area (Å²) >= 11 is 0. The monoisotopic (exact) mass is 299 g/mol. The fraction of sp³-hybridized carbons (Fsp3) is 0.786. The second kappa shape index (κ2) is 8.49. The number of piperazine rings is 1. The van der Waals surface area contributed by atoms with Gasteiger partial charge in [-0.05, 0) is 18.8 Å². The van der Waals surface area contributed by atoms with Gasteiger partial charge in [0, 0.05) is 33.1 Å². The molecule has 3 amide bonds. The molecule has 1 unspecified atom stereocenters. The molecule has 1 aliphatic heterocycles. The van der Waals surface area contributed by atoms with Gasteiger partial charge >= 0.3 is 12.0 Å². The van der Waals surface area contributed by atoms with E-state index in [1.54, 1.807) is 11.9 Å². The molecule has 7 heteroatoms. The number of nitrogens with zero attached hydrogens (tertiary/aromatic N) is 2. The quantitative estimate of drug-likeness (QED) is 0.726. The largest absolute Gasteiger partial charge is 0.481 e. The average molecular weight is 299 g/mol. The summed E-state index contributed by atoms with van der Waals surface area (Å²) in [5.74, 6) is -0.534. The Bertz CT molecular complexity index is 386. The molecule has 1 heterocycles. The number of carbonyl (C=O) groups excluding carboxylic acids is 2. The van der Waals surface area contributed by atoms with Gasteiger partial charge in [-0.1, -0.05) is 13.3 Å². The third-order valence-corrected chi connectivity index (χ3v) is 3.92.